The van der Waals surface area contributed by atoms with Gasteiger partial charge >= 0.3 is 0 Å². The van der Waals surface area contributed by atoms with Gasteiger partial charge in [0.05, 0.1) is 5.29 Å². The summed E-state index contributed by atoms with van der Waals surface area (Å²) in [6, 6.07) is 0. The van der Waals surface area contributed by atoms with Crippen molar-refractivity contribution < 1.29 is 5.11 Å². The summed E-state index contributed by atoms with van der Waals surface area (Å²) >= 11 is 0. The Labute approximate surface area is 60.8 Å². The van der Waals surface area contributed by atoms with Gasteiger partial charge in [0.1, 0.15) is 0 Å². The van der Waals surface area contributed by atoms with Crippen LogP contribution in [0.3, 0.4) is 0 Å². The summed E-state index contributed by atoms with van der Waals surface area (Å²) in [5, 5.41) is 12.6. The van der Waals surface area contributed by atoms with E-state index in [1.807, 2.05) is 6.92 Å². The Kier molecular flexibility index (Phi) is 6.06. The number of aliphatic hydroxyl groups excluding tert-OH is 1. The van der Waals surface area contributed by atoms with Crippen LogP contribution in [0, 0.1) is 4.91 Å². The summed E-state index contributed by atoms with van der Waals surface area (Å²) in [4.78, 5) is 9.94. The third-order valence-corrected chi connectivity index (χ3v) is 1.30. The molecule has 4 heteroatoms. The molecule has 10 heavy (non-hydrogen) atoms. The van der Waals surface area contributed by atoms with Crippen molar-refractivity contribution in [3.63, 3.8) is 0 Å². The molecule has 60 valence electrons. The molecule has 0 aliphatic carbocycles. The Hall–Kier alpha value is -0.640. The second kappa shape index (κ2) is 6.48. The second-order valence-electron chi connectivity index (χ2n) is 2.06. The molecule has 0 amide bonds. The van der Waals surface area contributed by atoms with Gasteiger partial charge in [-0.15, -0.1) is 4.91 Å². The molecule has 0 aliphatic heterocycles. The van der Waals surface area contributed by atoms with Crippen LogP contribution >= 0.6 is 0 Å². The van der Waals surface area contributed by atoms with Gasteiger partial charge in [-0.25, -0.2) is 0 Å². The minimum Gasteiger partial charge on any atom is -0.396 e. The number of nitroso groups, excluding NO2 is 1. The number of aliphatic hydroxyl groups is 1. The predicted molar refractivity (Wildman–Crippen MR) is 39.4 cm³/mol. The van der Waals surface area contributed by atoms with Gasteiger partial charge in [0.2, 0.25) is 0 Å². The van der Waals surface area contributed by atoms with E-state index in [9.17, 15) is 4.91 Å². The Morgan fingerprint density at radius 2 is 2.20 bits per heavy atom. The average Bonchev–Trinajstić information content (AvgIpc) is 1.99. The molecule has 0 radical (unpaired) electrons. The smallest absolute Gasteiger partial charge is 0.0523 e. The summed E-state index contributed by atoms with van der Waals surface area (Å²) in [5.74, 6) is 0. The second-order valence-corrected chi connectivity index (χ2v) is 2.06. The molecule has 0 unspecified atom stereocenters. The number of unbranched alkanes of at least 4 members (excludes halogenated alkanes) is 1. The minimum atomic E-state index is 0.191. The lowest BCUT2D eigenvalue weighted by Gasteiger charge is -2.10. The van der Waals surface area contributed by atoms with Crippen LogP contribution in [0.15, 0.2) is 5.29 Å². The third kappa shape index (κ3) is 4.26. The molecule has 0 aromatic heterocycles. The van der Waals surface area contributed by atoms with Crippen LogP contribution < -0.4 is 0 Å². The van der Waals surface area contributed by atoms with Crippen LogP contribution in [0.1, 0.15) is 19.8 Å². The number of hydrogen-bond donors (Lipinski definition) is 1. The van der Waals surface area contributed by atoms with Crippen LogP contribution in [-0.4, -0.2) is 29.8 Å². The molecule has 0 bridgehead atoms. The van der Waals surface area contributed by atoms with E-state index < -0.39 is 0 Å². The SMILES string of the molecule is CCN(CCCCO)N=O. The Morgan fingerprint density at radius 1 is 1.50 bits per heavy atom. The summed E-state index contributed by atoms with van der Waals surface area (Å²) in [5.41, 5.74) is 0. The summed E-state index contributed by atoms with van der Waals surface area (Å²) < 4.78 is 0. The van der Waals surface area contributed by atoms with Gasteiger partial charge in [-0.1, -0.05) is 0 Å². The van der Waals surface area contributed by atoms with E-state index in [2.05, 4.69) is 5.29 Å². The molecule has 0 heterocycles. The fourth-order valence-electron chi connectivity index (χ4n) is 0.663. The summed E-state index contributed by atoms with van der Waals surface area (Å²) in [6.45, 7) is 3.37. The molecule has 0 saturated carbocycles. The molecule has 1 N–H and O–H groups in total. The van der Waals surface area contributed by atoms with Crippen molar-refractivity contribution in [3.05, 3.63) is 4.91 Å². The van der Waals surface area contributed by atoms with Crippen LogP contribution in [-0.2, 0) is 0 Å². The highest BCUT2D eigenvalue weighted by molar-refractivity contribution is 4.47. The minimum absolute atomic E-state index is 0.191. The zero-order chi connectivity index (χ0) is 7.82. The van der Waals surface area contributed by atoms with Gasteiger partial charge in [0, 0.05) is 19.7 Å². The van der Waals surface area contributed by atoms with Gasteiger partial charge in [0.15, 0.2) is 0 Å². The van der Waals surface area contributed by atoms with E-state index in [1.54, 1.807) is 0 Å². The Morgan fingerprint density at radius 3 is 2.60 bits per heavy atom. The molecule has 0 aliphatic rings. The number of rotatable bonds is 6. The quantitative estimate of drug-likeness (QED) is 0.342. The van der Waals surface area contributed by atoms with Crippen LogP contribution in [0.4, 0.5) is 0 Å². The first kappa shape index (κ1) is 9.36. The molecular formula is C6H14N2O2. The lowest BCUT2D eigenvalue weighted by atomic mass is 10.3. The van der Waals surface area contributed by atoms with Crippen molar-refractivity contribution >= 4 is 0 Å². The van der Waals surface area contributed by atoms with E-state index in [1.165, 1.54) is 5.01 Å². The fourth-order valence-corrected chi connectivity index (χ4v) is 0.663. The molecule has 0 aromatic rings. The third-order valence-electron chi connectivity index (χ3n) is 1.30. The first-order chi connectivity index (χ1) is 4.85. The molecule has 0 saturated heterocycles. The molecule has 0 atom stereocenters. The van der Waals surface area contributed by atoms with Crippen molar-refractivity contribution in [2.24, 2.45) is 5.29 Å². The zero-order valence-electron chi connectivity index (χ0n) is 6.29. The maximum atomic E-state index is 9.94. The Bertz CT molecular complexity index is 87.8. The average molecular weight is 146 g/mol. The zero-order valence-corrected chi connectivity index (χ0v) is 6.29. The molecule has 4 nitrogen and oxygen atoms in total. The topological polar surface area (TPSA) is 52.9 Å². The van der Waals surface area contributed by atoms with Crippen LogP contribution in [0.25, 0.3) is 0 Å². The molecule has 0 spiro atoms. The maximum Gasteiger partial charge on any atom is 0.0523 e. The normalized spacial score (nSPS) is 9.40. The number of hydrogen-bond acceptors (Lipinski definition) is 3. The Balaban J connectivity index is 3.17. The van der Waals surface area contributed by atoms with E-state index >= 15 is 0 Å². The van der Waals surface area contributed by atoms with Crippen LogP contribution in [0.2, 0.25) is 0 Å². The van der Waals surface area contributed by atoms with Crippen molar-refractivity contribution in [2.75, 3.05) is 19.7 Å². The summed E-state index contributed by atoms with van der Waals surface area (Å²) in [7, 11) is 0. The first-order valence-electron chi connectivity index (χ1n) is 3.54. The van der Waals surface area contributed by atoms with Gasteiger partial charge < -0.3 is 5.11 Å². The van der Waals surface area contributed by atoms with Gasteiger partial charge in [-0.2, -0.15) is 0 Å². The maximum absolute atomic E-state index is 9.94. The van der Waals surface area contributed by atoms with E-state index in [4.69, 9.17) is 5.11 Å². The van der Waals surface area contributed by atoms with Crippen molar-refractivity contribution in [1.29, 1.82) is 0 Å². The molecule has 0 rings (SSSR count). The standard InChI is InChI=1S/C6H14N2O2/c1-2-8(7-10)5-3-4-6-9/h9H,2-6H2,1H3. The molecular weight excluding hydrogens is 132 g/mol. The molecule has 0 fully saturated rings. The van der Waals surface area contributed by atoms with Crippen LogP contribution in [0.5, 0.6) is 0 Å². The monoisotopic (exact) mass is 146 g/mol. The first-order valence-corrected chi connectivity index (χ1v) is 3.54. The van der Waals surface area contributed by atoms with Gasteiger partial charge in [-0.05, 0) is 19.8 Å². The number of nitrogens with zero attached hydrogens (tertiary/aromatic N) is 2. The van der Waals surface area contributed by atoms with E-state index in [-0.39, 0.29) is 6.61 Å². The van der Waals surface area contributed by atoms with Crippen molar-refractivity contribution in [2.45, 2.75) is 19.8 Å². The highest BCUT2D eigenvalue weighted by Crippen LogP contribution is 1.93. The van der Waals surface area contributed by atoms with Gasteiger partial charge in [-0.3, -0.25) is 5.01 Å². The van der Waals surface area contributed by atoms with E-state index in [0.717, 1.165) is 12.8 Å². The highest BCUT2D eigenvalue weighted by atomic mass is 16.3. The predicted octanol–water partition coefficient (Wildman–Crippen LogP) is 0.762. The largest absolute Gasteiger partial charge is 0.396 e. The van der Waals surface area contributed by atoms with E-state index in [0.29, 0.717) is 13.1 Å². The lowest BCUT2D eigenvalue weighted by Crippen LogP contribution is -2.17. The fraction of sp³-hybridized carbons (Fsp3) is 1.00. The lowest BCUT2D eigenvalue weighted by molar-refractivity contribution is 0.252. The highest BCUT2D eigenvalue weighted by Gasteiger charge is 1.96. The summed E-state index contributed by atoms with van der Waals surface area (Å²) in [6.07, 6.45) is 1.57. The molecule has 0 aromatic carbocycles. The van der Waals surface area contributed by atoms with Gasteiger partial charge in [0.25, 0.3) is 0 Å². The van der Waals surface area contributed by atoms with Crippen molar-refractivity contribution in [3.8, 4) is 0 Å². The van der Waals surface area contributed by atoms with Crippen molar-refractivity contribution in [1.82, 2.24) is 5.01 Å².